The number of carboxylic acid groups (broad SMARTS) is 1. The second-order valence-electron chi connectivity index (χ2n) is 4.41. The molecule has 1 amide bonds. The number of benzene rings is 1. The second kappa shape index (κ2) is 4.57. The summed E-state index contributed by atoms with van der Waals surface area (Å²) in [6.45, 7) is 5.32. The number of amides is 1. The van der Waals surface area contributed by atoms with Gasteiger partial charge >= 0.3 is 5.97 Å². The van der Waals surface area contributed by atoms with Crippen LogP contribution in [0.2, 0.25) is 0 Å². The summed E-state index contributed by atoms with van der Waals surface area (Å²) in [7, 11) is 1.47. The van der Waals surface area contributed by atoms with Crippen LogP contribution in [0.1, 0.15) is 23.6 Å². The van der Waals surface area contributed by atoms with Crippen molar-refractivity contribution in [2.24, 2.45) is 0 Å². The van der Waals surface area contributed by atoms with Crippen LogP contribution in [0.4, 0.5) is 0 Å². The first-order valence-electron chi connectivity index (χ1n) is 5.33. The highest BCUT2D eigenvalue weighted by molar-refractivity contribution is 5.83. The Morgan fingerprint density at radius 1 is 1.41 bits per heavy atom. The Morgan fingerprint density at radius 3 is 2.41 bits per heavy atom. The number of rotatable bonds is 4. The van der Waals surface area contributed by atoms with Crippen molar-refractivity contribution in [2.45, 2.75) is 26.3 Å². The zero-order valence-electron chi connectivity index (χ0n) is 10.5. The monoisotopic (exact) mass is 235 g/mol. The lowest BCUT2D eigenvalue weighted by atomic mass is 9.87. The minimum absolute atomic E-state index is 0.535. The molecular formula is C13H17NO3. The van der Waals surface area contributed by atoms with Gasteiger partial charge < -0.3 is 10.0 Å². The van der Waals surface area contributed by atoms with Gasteiger partial charge in [0, 0.05) is 7.05 Å². The Balaban J connectivity index is 3.42. The van der Waals surface area contributed by atoms with Gasteiger partial charge in [-0.15, -0.1) is 0 Å². The summed E-state index contributed by atoms with van der Waals surface area (Å²) in [6, 6.07) is 5.52. The molecule has 0 heterocycles. The highest BCUT2D eigenvalue weighted by atomic mass is 16.4. The van der Waals surface area contributed by atoms with Gasteiger partial charge in [-0.1, -0.05) is 23.8 Å². The maximum atomic E-state index is 11.5. The van der Waals surface area contributed by atoms with Gasteiger partial charge in [0.2, 0.25) is 6.41 Å². The summed E-state index contributed by atoms with van der Waals surface area (Å²) in [5.74, 6) is -1.04. The van der Waals surface area contributed by atoms with E-state index in [-0.39, 0.29) is 0 Å². The summed E-state index contributed by atoms with van der Waals surface area (Å²) in [5, 5.41) is 9.38. The molecule has 1 aromatic rings. The van der Waals surface area contributed by atoms with Crippen molar-refractivity contribution in [3.63, 3.8) is 0 Å². The SMILES string of the molecule is Cc1ccc(C(C)(C(=O)O)N(C)C=O)c(C)c1. The molecule has 4 heteroatoms. The topological polar surface area (TPSA) is 57.6 Å². The Bertz CT molecular complexity index is 456. The smallest absolute Gasteiger partial charge is 0.334 e. The number of carbonyl (C=O) groups excluding carboxylic acids is 1. The van der Waals surface area contributed by atoms with Crippen molar-refractivity contribution in [1.29, 1.82) is 0 Å². The van der Waals surface area contributed by atoms with E-state index in [1.54, 1.807) is 6.07 Å². The maximum Gasteiger partial charge on any atom is 0.334 e. The lowest BCUT2D eigenvalue weighted by molar-refractivity contribution is -0.153. The Morgan fingerprint density at radius 2 is 2.00 bits per heavy atom. The largest absolute Gasteiger partial charge is 0.479 e. The van der Waals surface area contributed by atoms with E-state index in [1.165, 1.54) is 18.9 Å². The molecule has 0 bridgehead atoms. The van der Waals surface area contributed by atoms with Crippen molar-refractivity contribution in [2.75, 3.05) is 7.05 Å². The molecule has 0 fully saturated rings. The number of likely N-dealkylation sites (N-methyl/N-ethyl adjacent to an activating group) is 1. The number of aryl methyl sites for hydroxylation is 2. The fourth-order valence-electron chi connectivity index (χ4n) is 1.92. The van der Waals surface area contributed by atoms with Gasteiger partial charge in [-0.25, -0.2) is 4.79 Å². The van der Waals surface area contributed by atoms with E-state index < -0.39 is 11.5 Å². The molecule has 0 aliphatic heterocycles. The van der Waals surface area contributed by atoms with Gasteiger partial charge in [0.15, 0.2) is 5.54 Å². The molecule has 4 nitrogen and oxygen atoms in total. The first-order valence-corrected chi connectivity index (χ1v) is 5.33. The standard InChI is InChI=1S/C13H17NO3/c1-9-5-6-11(10(2)7-9)13(3,12(16)17)14(4)8-15/h5-8H,1-4H3,(H,16,17). The molecule has 1 unspecified atom stereocenters. The van der Waals surface area contributed by atoms with E-state index in [1.807, 2.05) is 26.0 Å². The van der Waals surface area contributed by atoms with Crippen LogP contribution >= 0.6 is 0 Å². The molecule has 0 aromatic heterocycles. The minimum Gasteiger partial charge on any atom is -0.479 e. The normalized spacial score (nSPS) is 13.9. The van der Waals surface area contributed by atoms with Crippen molar-refractivity contribution in [3.8, 4) is 0 Å². The van der Waals surface area contributed by atoms with Crippen LogP contribution in [0.3, 0.4) is 0 Å². The van der Waals surface area contributed by atoms with Crippen LogP contribution < -0.4 is 0 Å². The Kier molecular flexibility index (Phi) is 3.56. The van der Waals surface area contributed by atoms with Crippen molar-refractivity contribution >= 4 is 12.4 Å². The van der Waals surface area contributed by atoms with E-state index >= 15 is 0 Å². The fourth-order valence-corrected chi connectivity index (χ4v) is 1.92. The number of hydrogen-bond donors (Lipinski definition) is 1. The molecule has 0 spiro atoms. The van der Waals surface area contributed by atoms with Gasteiger partial charge in [-0.2, -0.15) is 0 Å². The first-order chi connectivity index (χ1) is 7.83. The van der Waals surface area contributed by atoms with Crippen LogP contribution in [0, 0.1) is 13.8 Å². The molecule has 0 radical (unpaired) electrons. The molecular weight excluding hydrogens is 218 g/mol. The van der Waals surface area contributed by atoms with E-state index in [4.69, 9.17) is 0 Å². The van der Waals surface area contributed by atoms with Crippen LogP contribution in [-0.4, -0.2) is 29.4 Å². The molecule has 1 aromatic carbocycles. The van der Waals surface area contributed by atoms with E-state index in [0.29, 0.717) is 12.0 Å². The highest BCUT2D eigenvalue weighted by Crippen LogP contribution is 2.29. The van der Waals surface area contributed by atoms with E-state index in [9.17, 15) is 14.7 Å². The predicted octanol–water partition coefficient (Wildman–Crippen LogP) is 1.69. The Hall–Kier alpha value is -1.84. The first kappa shape index (κ1) is 13.2. The molecule has 0 saturated carbocycles. The number of carbonyl (C=O) groups is 2. The molecule has 1 atom stereocenters. The zero-order chi connectivity index (χ0) is 13.2. The maximum absolute atomic E-state index is 11.5. The average molecular weight is 235 g/mol. The summed E-state index contributed by atoms with van der Waals surface area (Å²) in [6.07, 6.45) is 0.535. The molecule has 0 aliphatic carbocycles. The van der Waals surface area contributed by atoms with Gasteiger partial charge in [0.1, 0.15) is 0 Å². The van der Waals surface area contributed by atoms with Gasteiger partial charge in [-0.05, 0) is 31.9 Å². The lowest BCUT2D eigenvalue weighted by Crippen LogP contribution is -2.47. The predicted molar refractivity (Wildman–Crippen MR) is 64.7 cm³/mol. The number of hydrogen-bond acceptors (Lipinski definition) is 2. The quantitative estimate of drug-likeness (QED) is 0.808. The Labute approximate surface area is 101 Å². The summed E-state index contributed by atoms with van der Waals surface area (Å²) >= 11 is 0. The third kappa shape index (κ3) is 2.16. The van der Waals surface area contributed by atoms with Gasteiger partial charge in [0.05, 0.1) is 0 Å². The molecule has 0 aliphatic rings. The second-order valence-corrected chi connectivity index (χ2v) is 4.41. The zero-order valence-corrected chi connectivity index (χ0v) is 10.5. The van der Waals surface area contributed by atoms with Crippen LogP contribution in [0.5, 0.6) is 0 Å². The van der Waals surface area contributed by atoms with Crippen LogP contribution in [0.15, 0.2) is 18.2 Å². The third-order valence-electron chi connectivity index (χ3n) is 3.19. The number of carboxylic acids is 1. The van der Waals surface area contributed by atoms with E-state index in [2.05, 4.69) is 0 Å². The fraction of sp³-hybridized carbons (Fsp3) is 0.385. The van der Waals surface area contributed by atoms with Gasteiger partial charge in [0.25, 0.3) is 0 Å². The summed E-state index contributed by atoms with van der Waals surface area (Å²) in [5.41, 5.74) is 1.22. The van der Waals surface area contributed by atoms with Crippen LogP contribution in [-0.2, 0) is 15.1 Å². The summed E-state index contributed by atoms with van der Waals surface area (Å²) in [4.78, 5) is 23.5. The molecule has 17 heavy (non-hydrogen) atoms. The molecule has 92 valence electrons. The number of aliphatic carboxylic acids is 1. The van der Waals surface area contributed by atoms with Crippen LogP contribution in [0.25, 0.3) is 0 Å². The molecule has 1 N–H and O–H groups in total. The van der Waals surface area contributed by atoms with Crippen molar-refractivity contribution in [3.05, 3.63) is 34.9 Å². The average Bonchev–Trinajstić information content (AvgIpc) is 2.26. The third-order valence-corrected chi connectivity index (χ3v) is 3.19. The van der Waals surface area contributed by atoms with E-state index in [0.717, 1.165) is 11.1 Å². The number of nitrogens with zero attached hydrogens (tertiary/aromatic N) is 1. The summed E-state index contributed by atoms with van der Waals surface area (Å²) < 4.78 is 0. The molecule has 0 saturated heterocycles. The highest BCUT2D eigenvalue weighted by Gasteiger charge is 2.40. The minimum atomic E-state index is -1.33. The van der Waals surface area contributed by atoms with Gasteiger partial charge in [-0.3, -0.25) is 4.79 Å². The van der Waals surface area contributed by atoms with Crippen molar-refractivity contribution < 1.29 is 14.7 Å². The lowest BCUT2D eigenvalue weighted by Gasteiger charge is -2.33. The van der Waals surface area contributed by atoms with Crippen molar-refractivity contribution in [1.82, 2.24) is 4.90 Å². The molecule has 1 rings (SSSR count).